The van der Waals surface area contributed by atoms with E-state index >= 15 is 0 Å². The average Bonchev–Trinajstić information content (AvgIpc) is 3.67. The molecule has 0 bridgehead atoms. The summed E-state index contributed by atoms with van der Waals surface area (Å²) in [5.41, 5.74) is 1.18. The van der Waals surface area contributed by atoms with Crippen molar-refractivity contribution in [3.05, 3.63) is 52.8 Å². The SMILES string of the molecule is COC1CN(c2cccc(CC(=O)Nc3nnc([C@H]4CCC[C@H](C5=NN(C)C(NC(=O)Cc6cccc(N7CC(OC)C7)n6)S5)C4)s3)n2)C1. The smallest absolute Gasteiger partial charge is 0.232 e. The number of anilines is 3. The van der Waals surface area contributed by atoms with E-state index in [2.05, 4.69) is 35.6 Å². The Hall–Kier alpha value is -3.86. The van der Waals surface area contributed by atoms with Gasteiger partial charge < -0.3 is 29.9 Å². The van der Waals surface area contributed by atoms with Gasteiger partial charge in [-0.05, 0) is 43.5 Å². The highest BCUT2D eigenvalue weighted by Crippen LogP contribution is 2.42. The van der Waals surface area contributed by atoms with Crippen molar-refractivity contribution in [1.82, 2.24) is 30.5 Å². The molecule has 49 heavy (non-hydrogen) atoms. The van der Waals surface area contributed by atoms with E-state index in [0.29, 0.717) is 10.8 Å². The van der Waals surface area contributed by atoms with Crippen molar-refractivity contribution in [2.24, 2.45) is 11.0 Å². The fraction of sp³-hybridized carbons (Fsp3) is 0.545. The lowest BCUT2D eigenvalue weighted by atomic mass is 9.82. The summed E-state index contributed by atoms with van der Waals surface area (Å²) in [7, 11) is 5.34. The lowest BCUT2D eigenvalue weighted by molar-refractivity contribution is -0.121. The summed E-state index contributed by atoms with van der Waals surface area (Å²) < 4.78 is 10.7. The molecule has 3 aromatic rings. The third kappa shape index (κ3) is 7.97. The molecule has 4 aliphatic rings. The molecule has 3 fully saturated rings. The molecule has 1 saturated carbocycles. The molecule has 0 aromatic carbocycles. The number of rotatable bonds is 12. The van der Waals surface area contributed by atoms with Gasteiger partial charge in [0.1, 0.15) is 21.7 Å². The third-order valence-electron chi connectivity index (χ3n) is 9.45. The van der Waals surface area contributed by atoms with Crippen LogP contribution in [-0.2, 0) is 31.9 Å². The molecule has 14 nitrogen and oxygen atoms in total. The highest BCUT2D eigenvalue weighted by Gasteiger charge is 2.35. The molecule has 3 aliphatic heterocycles. The quantitative estimate of drug-likeness (QED) is 0.285. The van der Waals surface area contributed by atoms with Gasteiger partial charge in [-0.3, -0.25) is 14.6 Å². The first-order chi connectivity index (χ1) is 23.8. The second kappa shape index (κ2) is 14.9. The molecule has 3 atom stereocenters. The minimum Gasteiger partial charge on any atom is -0.378 e. The monoisotopic (exact) mass is 706 g/mol. The van der Waals surface area contributed by atoms with E-state index in [0.717, 1.165) is 79.2 Å². The number of pyridine rings is 2. The molecule has 260 valence electrons. The summed E-state index contributed by atoms with van der Waals surface area (Å²) in [5, 5.41) is 23.9. The van der Waals surface area contributed by atoms with Crippen molar-refractivity contribution in [2.45, 2.75) is 62.1 Å². The van der Waals surface area contributed by atoms with Crippen molar-refractivity contribution in [3.63, 3.8) is 0 Å². The number of carbonyl (C=O) groups excluding carboxylic acids is 2. The van der Waals surface area contributed by atoms with Gasteiger partial charge in [0.25, 0.3) is 0 Å². The van der Waals surface area contributed by atoms with Gasteiger partial charge in [0.15, 0.2) is 5.50 Å². The number of nitrogens with zero attached hydrogens (tertiary/aromatic N) is 8. The summed E-state index contributed by atoms with van der Waals surface area (Å²) in [6.45, 7) is 3.23. The van der Waals surface area contributed by atoms with Crippen LogP contribution in [0.25, 0.3) is 0 Å². The Labute approximate surface area is 294 Å². The molecular formula is C33H42N10O4S2. The molecule has 1 unspecified atom stereocenters. The lowest BCUT2D eigenvalue weighted by Gasteiger charge is -2.39. The number of hydrogen-bond acceptors (Lipinski definition) is 14. The topological polar surface area (TPSA) is 150 Å². The van der Waals surface area contributed by atoms with Crippen molar-refractivity contribution >= 4 is 56.7 Å². The Morgan fingerprint density at radius 2 is 1.47 bits per heavy atom. The van der Waals surface area contributed by atoms with Crippen LogP contribution in [0.5, 0.6) is 0 Å². The van der Waals surface area contributed by atoms with E-state index in [9.17, 15) is 9.59 Å². The number of nitrogens with one attached hydrogen (secondary N) is 2. The maximum Gasteiger partial charge on any atom is 0.232 e. The second-order valence-corrected chi connectivity index (χ2v) is 15.1. The van der Waals surface area contributed by atoms with Gasteiger partial charge >= 0.3 is 0 Å². The van der Waals surface area contributed by atoms with Crippen molar-refractivity contribution in [1.29, 1.82) is 0 Å². The van der Waals surface area contributed by atoms with E-state index in [1.54, 1.807) is 26.0 Å². The molecule has 16 heteroatoms. The van der Waals surface area contributed by atoms with Crippen LogP contribution in [0.4, 0.5) is 16.8 Å². The van der Waals surface area contributed by atoms with Gasteiger partial charge in [0.05, 0.1) is 36.4 Å². The van der Waals surface area contributed by atoms with Crippen molar-refractivity contribution in [3.8, 4) is 0 Å². The Bertz CT molecular complexity index is 1680. The Morgan fingerprint density at radius 3 is 2.10 bits per heavy atom. The Balaban J connectivity index is 0.881. The third-order valence-corrected chi connectivity index (χ3v) is 11.8. The Kier molecular flexibility index (Phi) is 10.3. The summed E-state index contributed by atoms with van der Waals surface area (Å²) in [6.07, 6.45) is 4.82. The number of amides is 2. The minimum atomic E-state index is -0.268. The first-order valence-corrected chi connectivity index (χ1v) is 18.4. The van der Waals surface area contributed by atoms with Crippen LogP contribution < -0.4 is 20.4 Å². The van der Waals surface area contributed by atoms with Gasteiger partial charge in [0, 0.05) is 59.3 Å². The predicted molar refractivity (Wildman–Crippen MR) is 190 cm³/mol. The van der Waals surface area contributed by atoms with Crippen LogP contribution in [0.3, 0.4) is 0 Å². The largest absolute Gasteiger partial charge is 0.378 e. The molecule has 3 aromatic heterocycles. The zero-order chi connectivity index (χ0) is 33.9. The van der Waals surface area contributed by atoms with Crippen LogP contribution in [0.1, 0.15) is 48.0 Å². The van der Waals surface area contributed by atoms with Crippen LogP contribution in [0.15, 0.2) is 41.5 Å². The summed E-state index contributed by atoms with van der Waals surface area (Å²) in [5.74, 6) is 1.98. The number of aromatic nitrogens is 4. The fourth-order valence-electron chi connectivity index (χ4n) is 6.52. The number of hydrazone groups is 1. The summed E-state index contributed by atoms with van der Waals surface area (Å²) >= 11 is 3.04. The zero-order valence-corrected chi connectivity index (χ0v) is 29.6. The van der Waals surface area contributed by atoms with E-state index < -0.39 is 0 Å². The maximum atomic E-state index is 13.0. The van der Waals surface area contributed by atoms with E-state index in [1.165, 1.54) is 11.3 Å². The highest BCUT2D eigenvalue weighted by atomic mass is 32.2. The lowest BCUT2D eigenvalue weighted by Crippen LogP contribution is -2.52. The van der Waals surface area contributed by atoms with Crippen LogP contribution in [-0.4, -0.2) is 107 Å². The number of hydrogen-bond donors (Lipinski definition) is 2. The number of methoxy groups -OCH3 is 2. The molecule has 0 radical (unpaired) electrons. The first-order valence-electron chi connectivity index (χ1n) is 16.7. The normalized spacial score (nSPS) is 22.8. The van der Waals surface area contributed by atoms with Gasteiger partial charge in [-0.15, -0.1) is 10.2 Å². The van der Waals surface area contributed by atoms with Gasteiger partial charge in [0.2, 0.25) is 16.9 Å². The van der Waals surface area contributed by atoms with Gasteiger partial charge in [-0.2, -0.15) is 5.10 Å². The Morgan fingerprint density at radius 1 is 0.857 bits per heavy atom. The summed E-state index contributed by atoms with van der Waals surface area (Å²) in [4.78, 5) is 39.5. The molecule has 7 rings (SSSR count). The molecule has 0 spiro atoms. The van der Waals surface area contributed by atoms with Gasteiger partial charge in [-0.25, -0.2) is 9.97 Å². The van der Waals surface area contributed by atoms with Crippen LogP contribution in [0.2, 0.25) is 0 Å². The van der Waals surface area contributed by atoms with Crippen LogP contribution >= 0.6 is 23.1 Å². The zero-order valence-electron chi connectivity index (χ0n) is 27.9. The number of carbonyl (C=O) groups is 2. The number of thioether (sulfide) groups is 1. The molecule has 2 N–H and O–H groups in total. The molecule has 2 saturated heterocycles. The standard InChI is InChI=1S/C33H42N10O4S2/c1-41-33(37-29(45)15-23-10-6-12-27(35-23)43-18-25(19-43)47-3)49-31(40-41)21-8-4-7-20(13-21)30-38-39-32(48-30)36-28(44)14-22-9-5-11-26(34-22)42-16-24(17-42)46-2/h5-6,9-12,20-21,24-25,33H,4,7-8,13-19H2,1-3H3,(H,37,45)(H,36,39,44)/t20-,21-,33?/m0/s1. The van der Waals surface area contributed by atoms with Crippen molar-refractivity contribution in [2.75, 3.05) is 62.6 Å². The molecule has 6 heterocycles. The number of ether oxygens (including phenoxy) is 2. The highest BCUT2D eigenvalue weighted by molar-refractivity contribution is 8.14. The van der Waals surface area contributed by atoms with E-state index in [1.807, 2.05) is 48.5 Å². The van der Waals surface area contributed by atoms with E-state index in [4.69, 9.17) is 19.6 Å². The summed E-state index contributed by atoms with van der Waals surface area (Å²) in [6, 6.07) is 11.5. The first kappa shape index (κ1) is 33.6. The van der Waals surface area contributed by atoms with Gasteiger partial charge in [-0.1, -0.05) is 41.7 Å². The average molecular weight is 707 g/mol. The molecular weight excluding hydrogens is 665 g/mol. The van der Waals surface area contributed by atoms with E-state index in [-0.39, 0.29) is 54.2 Å². The fourth-order valence-corrected chi connectivity index (χ4v) is 8.63. The minimum absolute atomic E-state index is 0.0892. The predicted octanol–water partition coefficient (Wildman–Crippen LogP) is 3.09. The van der Waals surface area contributed by atoms with Crippen molar-refractivity contribution < 1.29 is 19.1 Å². The maximum absolute atomic E-state index is 13.0. The molecule has 1 aliphatic carbocycles. The molecule has 2 amide bonds. The second-order valence-electron chi connectivity index (χ2n) is 13.0. The van der Waals surface area contributed by atoms with Crippen LogP contribution in [0, 0.1) is 5.92 Å².